The Hall–Kier alpha value is -3.93. The minimum absolute atomic E-state index is 0. The molecule has 4 atom stereocenters. The van der Waals surface area contributed by atoms with Gasteiger partial charge in [0.25, 0.3) is 5.91 Å². The first kappa shape index (κ1) is 42.7. The maximum absolute atomic E-state index is 14.3. The minimum atomic E-state index is -5.44. The molecule has 6 aromatic rings. The van der Waals surface area contributed by atoms with Gasteiger partial charge in [-0.15, -0.1) is 0 Å². The van der Waals surface area contributed by atoms with Crippen LogP contribution in [0.4, 0.5) is 5.69 Å². The monoisotopic (exact) mass is 850 g/mol. The van der Waals surface area contributed by atoms with Gasteiger partial charge in [0.1, 0.15) is 42.4 Å². The van der Waals surface area contributed by atoms with Crippen molar-refractivity contribution in [2.75, 3.05) is 5.32 Å². The number of ether oxygens (including phenoxy) is 1. The van der Waals surface area contributed by atoms with Gasteiger partial charge < -0.3 is 58.5 Å². The van der Waals surface area contributed by atoms with Crippen molar-refractivity contribution in [2.45, 2.75) is 76.3 Å². The summed E-state index contributed by atoms with van der Waals surface area (Å²) in [6, 6.07) is 12.7. The predicted octanol–water partition coefficient (Wildman–Crippen LogP) is -1.44. The maximum atomic E-state index is 14.3. The molecule has 16 nitrogen and oxygen atoms in total. The maximum Gasteiger partial charge on any atom is 1.00 e. The van der Waals surface area contributed by atoms with Crippen LogP contribution in [0.3, 0.4) is 0 Å². The number of amides is 2. The van der Waals surface area contributed by atoms with Gasteiger partial charge in [-0.1, -0.05) is 58.0 Å². The molecular formula is C41H37N6Na2O10P. The summed E-state index contributed by atoms with van der Waals surface area (Å²) >= 11 is 0. The number of anilines is 1. The zero-order valence-corrected chi connectivity index (χ0v) is 38.6. The number of aliphatic hydroxyl groups is 1. The van der Waals surface area contributed by atoms with Gasteiger partial charge in [0.2, 0.25) is 17.7 Å². The van der Waals surface area contributed by atoms with Crippen molar-refractivity contribution < 1.29 is 106 Å². The predicted molar refractivity (Wildman–Crippen MR) is 204 cm³/mol. The molecular weight excluding hydrogens is 813 g/mol. The van der Waals surface area contributed by atoms with Crippen molar-refractivity contribution in [3.05, 3.63) is 89.3 Å². The van der Waals surface area contributed by atoms with Gasteiger partial charge in [-0.3, -0.25) is 9.59 Å². The van der Waals surface area contributed by atoms with Crippen molar-refractivity contribution in [1.82, 2.24) is 25.6 Å². The standard InChI is InChI=1S/C41H39N6O10P.2Na/c1-5-40(50,6-2)38(49)44-25-15-19-10-12-26-24(14-19)41-23-9-7-8-21(31(23)47-39(41)55-26)20-11-13-27(57-58(51,52)53)32-29(20)22(16-42-32)28-17-43-36(54-28)33-34(41)56-37(46-33)30(18(3)4)45-35(25)48;;/h7-14,16-18,25,30,39,42,47,50H,5-6,15H2,1-4H3,(H,44,49)(H,45,48)(H2,51,52,53);;/q;2*+1/p-2/t25-,30-,39?,41?;;/m0../s1. The Balaban J connectivity index is 0.00000249. The number of aromatic amines is 1. The average Bonchev–Trinajstić information content (AvgIpc) is 4.02. The van der Waals surface area contributed by atoms with Gasteiger partial charge >= 0.3 is 59.1 Å². The second kappa shape index (κ2) is 15.2. The van der Waals surface area contributed by atoms with Crippen LogP contribution >= 0.6 is 7.82 Å². The normalized spacial score (nSPS) is 20.7. The minimum Gasteiger partial charge on any atom is -0.780 e. The van der Waals surface area contributed by atoms with Gasteiger partial charge in [-0.05, 0) is 48.1 Å². The third-order valence-corrected chi connectivity index (χ3v) is 12.4. The van der Waals surface area contributed by atoms with E-state index in [4.69, 9.17) is 28.1 Å². The Morgan fingerprint density at radius 1 is 1.07 bits per heavy atom. The van der Waals surface area contributed by atoms with Crippen LogP contribution in [0, 0.1) is 5.92 Å². The van der Waals surface area contributed by atoms with Gasteiger partial charge in [0, 0.05) is 45.9 Å². The smallest absolute Gasteiger partial charge is 0.780 e. The van der Waals surface area contributed by atoms with Gasteiger partial charge in [-0.2, -0.15) is 0 Å². The van der Waals surface area contributed by atoms with Crippen molar-refractivity contribution >= 4 is 36.2 Å². The molecule has 4 aliphatic rings. The van der Waals surface area contributed by atoms with E-state index in [0.29, 0.717) is 50.6 Å². The molecule has 4 aliphatic heterocycles. The number of fused-ring (bicyclic) bond motifs is 7. The number of rotatable bonds is 7. The molecule has 2 amide bonds. The molecule has 3 aromatic heterocycles. The summed E-state index contributed by atoms with van der Waals surface area (Å²) in [6.45, 7) is 7.26. The van der Waals surface area contributed by atoms with Crippen LogP contribution in [-0.4, -0.2) is 49.7 Å². The molecule has 10 bridgehead atoms. The van der Waals surface area contributed by atoms with Crippen molar-refractivity contribution in [2.24, 2.45) is 5.92 Å². The van der Waals surface area contributed by atoms with Crippen LogP contribution in [0.25, 0.3) is 44.9 Å². The molecule has 0 aliphatic carbocycles. The second-order valence-corrected chi connectivity index (χ2v) is 16.6. The molecule has 3 aromatic carbocycles. The number of oxazole rings is 2. The van der Waals surface area contributed by atoms with Crippen molar-refractivity contribution in [3.63, 3.8) is 0 Å². The average molecular weight is 851 g/mol. The number of nitrogens with zero attached hydrogens (tertiary/aromatic N) is 2. The molecule has 0 saturated heterocycles. The number of H-pyrrole nitrogens is 1. The number of carbonyl (C=O) groups excluding carboxylic acids is 2. The number of hydrogen-bond acceptors (Lipinski definition) is 13. The topological polar surface area (TPSA) is 240 Å². The number of para-hydroxylation sites is 1. The van der Waals surface area contributed by atoms with Crippen LogP contribution in [0.15, 0.2) is 69.8 Å². The van der Waals surface area contributed by atoms with Crippen LogP contribution in [-0.2, 0) is 26.0 Å². The SMILES string of the molecule is CCC(O)(CC)C(=O)N[C@H]1Cc2ccc3c(c2)C24c5cccc(c5NC2O3)-c2ccc(OP(=O)([O-])[O-])c3[nH]cc(c23)-c2cnc(o2)-c2nc(oc24)[C@H](C(C)C)NC1=O.[Na+].[Na+]. The zero-order valence-electron chi connectivity index (χ0n) is 33.7. The van der Waals surface area contributed by atoms with E-state index in [1.54, 1.807) is 26.1 Å². The molecule has 0 fully saturated rings. The van der Waals surface area contributed by atoms with E-state index in [1.807, 2.05) is 50.2 Å². The van der Waals surface area contributed by atoms with E-state index in [-0.39, 0.29) is 113 Å². The number of carbonyl (C=O) groups is 2. The van der Waals surface area contributed by atoms with E-state index in [2.05, 4.69) is 20.9 Å². The summed E-state index contributed by atoms with van der Waals surface area (Å²) in [5.41, 5.74) is 2.37. The fourth-order valence-electron chi connectivity index (χ4n) is 8.96. The summed E-state index contributed by atoms with van der Waals surface area (Å²) in [7, 11) is -5.44. The number of phosphoric acid groups is 1. The first-order valence-electron chi connectivity index (χ1n) is 19.1. The number of benzene rings is 3. The zero-order chi connectivity index (χ0) is 40.5. The Bertz CT molecular complexity index is 2770. The Morgan fingerprint density at radius 2 is 1.85 bits per heavy atom. The molecule has 19 heteroatoms. The van der Waals surface area contributed by atoms with Crippen LogP contribution in [0.2, 0.25) is 0 Å². The van der Waals surface area contributed by atoms with E-state index in [1.165, 1.54) is 12.3 Å². The van der Waals surface area contributed by atoms with Crippen LogP contribution < -0.4 is 94.1 Å². The summed E-state index contributed by atoms with van der Waals surface area (Å²) in [6.07, 6.45) is 2.76. The first-order valence-corrected chi connectivity index (χ1v) is 20.6. The molecule has 0 radical (unpaired) electrons. The Morgan fingerprint density at radius 3 is 2.58 bits per heavy atom. The molecule has 2 unspecified atom stereocenters. The molecule has 60 heavy (non-hydrogen) atoms. The summed E-state index contributed by atoms with van der Waals surface area (Å²) in [5, 5.41) is 21.2. The van der Waals surface area contributed by atoms with E-state index in [9.17, 15) is 29.0 Å². The fraction of sp³-hybridized carbons (Fsp3) is 0.317. The van der Waals surface area contributed by atoms with E-state index in [0.717, 1.165) is 11.1 Å². The van der Waals surface area contributed by atoms with Gasteiger partial charge in [-0.25, -0.2) is 9.97 Å². The number of aromatic nitrogens is 3. The largest absolute Gasteiger partial charge is 1.00 e. The number of hydrogen-bond donors (Lipinski definition) is 5. The molecule has 5 N–H and O–H groups in total. The third kappa shape index (κ3) is 6.33. The van der Waals surface area contributed by atoms with Crippen LogP contribution in [0.1, 0.15) is 74.9 Å². The third-order valence-electron chi connectivity index (χ3n) is 12.0. The molecule has 1 spiro atoms. The van der Waals surface area contributed by atoms with E-state index >= 15 is 0 Å². The Kier molecular flexibility index (Phi) is 10.8. The summed E-state index contributed by atoms with van der Waals surface area (Å²) in [5.74, 6) is -0.0843. The first-order chi connectivity index (χ1) is 27.7. The van der Waals surface area contributed by atoms with Crippen molar-refractivity contribution in [1.29, 1.82) is 0 Å². The van der Waals surface area contributed by atoms with Gasteiger partial charge in [0.15, 0.2) is 23.4 Å². The number of nitrogens with one attached hydrogen (secondary N) is 4. The van der Waals surface area contributed by atoms with Crippen LogP contribution in [0.5, 0.6) is 11.5 Å². The fourth-order valence-corrected chi connectivity index (χ4v) is 9.35. The molecule has 10 rings (SSSR count). The van der Waals surface area contributed by atoms with Gasteiger partial charge in [0.05, 0.1) is 11.7 Å². The Labute approximate surface area is 387 Å². The molecule has 0 saturated carbocycles. The summed E-state index contributed by atoms with van der Waals surface area (Å²) in [4.78, 5) is 64.4. The second-order valence-electron chi connectivity index (χ2n) is 15.6. The van der Waals surface area contributed by atoms with E-state index < -0.39 is 49.0 Å². The van der Waals surface area contributed by atoms with Crippen molar-refractivity contribution in [3.8, 4) is 45.5 Å². The molecule has 298 valence electrons. The number of phosphoric ester groups is 1. The summed E-state index contributed by atoms with van der Waals surface area (Å²) < 4.78 is 37.0. The molecule has 7 heterocycles. The quantitative estimate of drug-likeness (QED) is 0.0915.